The molecule has 1 atom stereocenters. The molecule has 0 fully saturated rings. The van der Waals surface area contributed by atoms with Crippen LogP contribution in [0.2, 0.25) is 0 Å². The highest BCUT2D eigenvalue weighted by molar-refractivity contribution is 7.99. The zero-order chi connectivity index (χ0) is 22.3. The van der Waals surface area contributed by atoms with Gasteiger partial charge in [-0.25, -0.2) is 0 Å². The summed E-state index contributed by atoms with van der Waals surface area (Å²) in [4.78, 5) is 17.2. The van der Waals surface area contributed by atoms with Crippen LogP contribution in [0.3, 0.4) is 0 Å². The molecular weight excluding hydrogens is 418 g/mol. The quantitative estimate of drug-likeness (QED) is 0.360. The fourth-order valence-electron chi connectivity index (χ4n) is 3.41. The standard InChI is InChI=1S/C25H25N5OS/c1-3-18(2)20-13-7-8-14-21(20)27-23(31)17-32-25-29-28-24(22-15-9-10-16-26-22)30(25)19-11-5-4-6-12-19/h4-16,18H,3,17H2,1-2H3,(H,27,31)/t18-/m1/s1. The number of benzene rings is 2. The van der Waals surface area contributed by atoms with Crippen LogP contribution >= 0.6 is 11.8 Å². The van der Waals surface area contributed by atoms with E-state index in [1.165, 1.54) is 11.8 Å². The third-order valence-corrected chi connectivity index (χ3v) is 6.18. The average molecular weight is 444 g/mol. The molecule has 0 aliphatic carbocycles. The van der Waals surface area contributed by atoms with Gasteiger partial charge in [-0.05, 0) is 48.2 Å². The first-order valence-corrected chi connectivity index (χ1v) is 11.6. The molecule has 162 valence electrons. The van der Waals surface area contributed by atoms with Gasteiger partial charge in [0.2, 0.25) is 5.91 Å². The Balaban J connectivity index is 1.56. The van der Waals surface area contributed by atoms with Crippen LogP contribution in [0.15, 0.2) is 84.1 Å². The second-order valence-electron chi connectivity index (χ2n) is 7.43. The van der Waals surface area contributed by atoms with Gasteiger partial charge in [0.25, 0.3) is 0 Å². The van der Waals surface area contributed by atoms with Crippen LogP contribution in [-0.4, -0.2) is 31.4 Å². The van der Waals surface area contributed by atoms with E-state index in [0.717, 1.165) is 29.1 Å². The first-order valence-electron chi connectivity index (χ1n) is 10.6. The van der Waals surface area contributed by atoms with Gasteiger partial charge in [0, 0.05) is 17.6 Å². The Labute approximate surface area is 192 Å². The van der Waals surface area contributed by atoms with Crippen molar-refractivity contribution in [3.63, 3.8) is 0 Å². The van der Waals surface area contributed by atoms with Gasteiger partial charge in [-0.3, -0.25) is 14.3 Å². The minimum Gasteiger partial charge on any atom is -0.325 e. The molecule has 0 radical (unpaired) electrons. The molecule has 0 bridgehead atoms. The second kappa shape index (κ2) is 10.2. The highest BCUT2D eigenvalue weighted by Gasteiger charge is 2.18. The molecule has 2 aromatic carbocycles. The molecular formula is C25H25N5OS. The summed E-state index contributed by atoms with van der Waals surface area (Å²) >= 11 is 1.35. The van der Waals surface area contributed by atoms with E-state index in [2.05, 4.69) is 40.4 Å². The minimum atomic E-state index is -0.0762. The molecule has 1 N–H and O–H groups in total. The lowest BCUT2D eigenvalue weighted by Gasteiger charge is -2.15. The van der Waals surface area contributed by atoms with Gasteiger partial charge in [-0.1, -0.05) is 68.1 Å². The first kappa shape index (κ1) is 21.8. The Morgan fingerprint density at radius 2 is 1.75 bits per heavy atom. The monoisotopic (exact) mass is 443 g/mol. The third kappa shape index (κ3) is 4.89. The van der Waals surface area contributed by atoms with Crippen molar-refractivity contribution in [2.24, 2.45) is 0 Å². The van der Waals surface area contributed by atoms with Crippen LogP contribution in [0.1, 0.15) is 31.7 Å². The van der Waals surface area contributed by atoms with E-state index in [-0.39, 0.29) is 11.7 Å². The van der Waals surface area contributed by atoms with Gasteiger partial charge in [0.15, 0.2) is 11.0 Å². The number of anilines is 1. The van der Waals surface area contributed by atoms with E-state index < -0.39 is 0 Å². The van der Waals surface area contributed by atoms with E-state index in [9.17, 15) is 4.79 Å². The molecule has 6 nitrogen and oxygen atoms in total. The predicted molar refractivity (Wildman–Crippen MR) is 129 cm³/mol. The van der Waals surface area contributed by atoms with Crippen molar-refractivity contribution in [2.45, 2.75) is 31.3 Å². The molecule has 0 saturated carbocycles. The van der Waals surface area contributed by atoms with Crippen molar-refractivity contribution in [3.8, 4) is 17.2 Å². The zero-order valence-electron chi connectivity index (χ0n) is 18.1. The number of amides is 1. The SMILES string of the molecule is CC[C@@H](C)c1ccccc1NC(=O)CSc1nnc(-c2ccccn2)n1-c1ccccc1. The molecule has 4 rings (SSSR count). The number of carbonyl (C=O) groups is 1. The molecule has 1 amide bonds. The van der Waals surface area contributed by atoms with Crippen molar-refractivity contribution in [1.29, 1.82) is 0 Å². The predicted octanol–water partition coefficient (Wildman–Crippen LogP) is 5.57. The second-order valence-corrected chi connectivity index (χ2v) is 8.37. The lowest BCUT2D eigenvalue weighted by Crippen LogP contribution is -2.16. The van der Waals surface area contributed by atoms with Crippen LogP contribution < -0.4 is 5.32 Å². The topological polar surface area (TPSA) is 72.7 Å². The van der Waals surface area contributed by atoms with Crippen LogP contribution in [0.5, 0.6) is 0 Å². The molecule has 4 aromatic rings. The highest BCUT2D eigenvalue weighted by atomic mass is 32.2. The molecule has 0 spiro atoms. The highest BCUT2D eigenvalue weighted by Crippen LogP contribution is 2.29. The Morgan fingerprint density at radius 1 is 1.00 bits per heavy atom. The largest absolute Gasteiger partial charge is 0.325 e. The number of nitrogens with zero attached hydrogens (tertiary/aromatic N) is 4. The fourth-order valence-corrected chi connectivity index (χ4v) is 4.16. The summed E-state index contributed by atoms with van der Waals surface area (Å²) in [5.74, 6) is 1.16. The maximum Gasteiger partial charge on any atom is 0.234 e. The van der Waals surface area contributed by atoms with Gasteiger partial charge < -0.3 is 5.32 Å². The van der Waals surface area contributed by atoms with E-state index in [1.807, 2.05) is 71.3 Å². The number of thioether (sulfide) groups is 1. The Bertz CT molecular complexity index is 1180. The molecule has 0 aliphatic heterocycles. The van der Waals surface area contributed by atoms with E-state index in [1.54, 1.807) is 6.20 Å². The maximum absolute atomic E-state index is 12.8. The molecule has 0 unspecified atom stereocenters. The van der Waals surface area contributed by atoms with Crippen molar-refractivity contribution in [1.82, 2.24) is 19.7 Å². The van der Waals surface area contributed by atoms with Crippen molar-refractivity contribution >= 4 is 23.4 Å². The number of carbonyl (C=O) groups excluding carboxylic acids is 1. The molecule has 2 heterocycles. The maximum atomic E-state index is 12.8. The number of para-hydroxylation sites is 2. The smallest absolute Gasteiger partial charge is 0.234 e. The van der Waals surface area contributed by atoms with Crippen LogP contribution in [0.25, 0.3) is 17.2 Å². The van der Waals surface area contributed by atoms with Crippen LogP contribution in [0, 0.1) is 0 Å². The number of aromatic nitrogens is 4. The van der Waals surface area contributed by atoms with E-state index >= 15 is 0 Å². The third-order valence-electron chi connectivity index (χ3n) is 5.25. The van der Waals surface area contributed by atoms with Gasteiger partial charge in [0.1, 0.15) is 5.69 Å². The van der Waals surface area contributed by atoms with E-state index in [0.29, 0.717) is 16.9 Å². The minimum absolute atomic E-state index is 0.0762. The lowest BCUT2D eigenvalue weighted by molar-refractivity contribution is -0.113. The summed E-state index contributed by atoms with van der Waals surface area (Å²) in [7, 11) is 0. The zero-order valence-corrected chi connectivity index (χ0v) is 18.9. The molecule has 32 heavy (non-hydrogen) atoms. The summed E-state index contributed by atoms with van der Waals surface area (Å²) in [6.45, 7) is 4.32. The van der Waals surface area contributed by atoms with Crippen LogP contribution in [0.4, 0.5) is 5.69 Å². The molecule has 2 aromatic heterocycles. The summed E-state index contributed by atoms with van der Waals surface area (Å²) < 4.78 is 1.94. The summed E-state index contributed by atoms with van der Waals surface area (Å²) in [5.41, 5.74) is 3.66. The number of nitrogens with one attached hydrogen (secondary N) is 1. The van der Waals surface area contributed by atoms with Gasteiger partial charge in [-0.2, -0.15) is 0 Å². The molecule has 0 saturated heterocycles. The fraction of sp³-hybridized carbons (Fsp3) is 0.200. The van der Waals surface area contributed by atoms with Crippen LogP contribution in [-0.2, 0) is 4.79 Å². The van der Waals surface area contributed by atoms with Gasteiger partial charge >= 0.3 is 0 Å². The first-order chi connectivity index (χ1) is 15.7. The number of pyridine rings is 1. The summed E-state index contributed by atoms with van der Waals surface area (Å²) in [5, 5.41) is 12.4. The van der Waals surface area contributed by atoms with Gasteiger partial charge in [-0.15, -0.1) is 10.2 Å². The van der Waals surface area contributed by atoms with Gasteiger partial charge in [0.05, 0.1) is 5.75 Å². The molecule has 0 aliphatic rings. The average Bonchev–Trinajstić information content (AvgIpc) is 3.28. The lowest BCUT2D eigenvalue weighted by atomic mass is 9.97. The van der Waals surface area contributed by atoms with E-state index in [4.69, 9.17) is 0 Å². The Morgan fingerprint density at radius 3 is 2.50 bits per heavy atom. The normalized spacial score (nSPS) is 11.8. The Kier molecular flexibility index (Phi) is 6.97. The Hall–Kier alpha value is -3.45. The summed E-state index contributed by atoms with van der Waals surface area (Å²) in [6, 6.07) is 23.5. The summed E-state index contributed by atoms with van der Waals surface area (Å²) in [6.07, 6.45) is 2.74. The molecule has 7 heteroatoms. The number of hydrogen-bond donors (Lipinski definition) is 1. The number of hydrogen-bond acceptors (Lipinski definition) is 5. The van der Waals surface area contributed by atoms with Crippen molar-refractivity contribution < 1.29 is 4.79 Å². The van der Waals surface area contributed by atoms with Crippen molar-refractivity contribution in [3.05, 3.63) is 84.6 Å². The number of rotatable bonds is 8. The van der Waals surface area contributed by atoms with Crippen molar-refractivity contribution in [2.75, 3.05) is 11.1 Å².